The summed E-state index contributed by atoms with van der Waals surface area (Å²) in [6.07, 6.45) is 2.34. The topological polar surface area (TPSA) is 63.9 Å². The number of rotatable bonds is 6. The number of methoxy groups -OCH3 is 1. The van der Waals surface area contributed by atoms with E-state index in [1.54, 1.807) is 20.2 Å². The highest BCUT2D eigenvalue weighted by Crippen LogP contribution is 2.34. The molecule has 6 heteroatoms. The number of benzene rings is 3. The molecular weight excluding hydrogens is 442 g/mol. The molecular formula is C28H23N3O2S. The van der Waals surface area contributed by atoms with Crippen LogP contribution in [0.15, 0.2) is 89.2 Å². The minimum absolute atomic E-state index is 0.130. The number of hydrogen-bond donors (Lipinski definition) is 0. The summed E-state index contributed by atoms with van der Waals surface area (Å²) in [7, 11) is 1.63. The van der Waals surface area contributed by atoms with Crippen molar-refractivity contribution < 1.29 is 9.53 Å². The van der Waals surface area contributed by atoms with Gasteiger partial charge in [-0.1, -0.05) is 36.4 Å². The van der Waals surface area contributed by atoms with E-state index in [2.05, 4.69) is 75.9 Å². The average Bonchev–Trinajstić information content (AvgIpc) is 3.36. The molecule has 0 unspecified atom stereocenters. The molecule has 34 heavy (non-hydrogen) atoms. The Morgan fingerprint density at radius 3 is 2.50 bits per heavy atom. The van der Waals surface area contributed by atoms with Crippen molar-refractivity contribution in [3.8, 4) is 28.1 Å². The highest BCUT2D eigenvalue weighted by molar-refractivity contribution is 8.14. The molecule has 0 saturated carbocycles. The van der Waals surface area contributed by atoms with E-state index < -0.39 is 0 Å². The Hall–Kier alpha value is -3.77. The van der Waals surface area contributed by atoms with E-state index in [4.69, 9.17) is 4.74 Å². The van der Waals surface area contributed by atoms with Crippen LogP contribution in [0.5, 0.6) is 5.88 Å². The van der Waals surface area contributed by atoms with Crippen molar-refractivity contribution in [1.29, 1.82) is 0 Å². The molecule has 3 aromatic carbocycles. The van der Waals surface area contributed by atoms with E-state index in [0.29, 0.717) is 18.1 Å². The molecule has 0 atom stereocenters. The SMILES string of the molecule is COc1ncccc1-c1cc(C2=NN=C(SCC(C)=O)C2)cc(-c2ccc3ccccc3c2)c1. The zero-order valence-corrected chi connectivity index (χ0v) is 19.8. The van der Waals surface area contributed by atoms with Crippen molar-refractivity contribution in [3.05, 3.63) is 84.6 Å². The number of ketones is 1. The van der Waals surface area contributed by atoms with Gasteiger partial charge in [0.1, 0.15) is 10.8 Å². The molecule has 5 nitrogen and oxygen atoms in total. The molecule has 4 aromatic rings. The summed E-state index contributed by atoms with van der Waals surface area (Å²) in [5.41, 5.74) is 6.00. The lowest BCUT2D eigenvalue weighted by atomic mass is 9.93. The fraction of sp³-hybridized carbons (Fsp3) is 0.143. The zero-order valence-electron chi connectivity index (χ0n) is 19.0. The molecule has 5 rings (SSSR count). The van der Waals surface area contributed by atoms with Crippen LogP contribution in [0.1, 0.15) is 18.9 Å². The van der Waals surface area contributed by atoms with E-state index in [-0.39, 0.29) is 5.78 Å². The van der Waals surface area contributed by atoms with Crippen molar-refractivity contribution in [2.45, 2.75) is 13.3 Å². The first-order valence-corrected chi connectivity index (χ1v) is 12.0. The number of pyridine rings is 1. The third-order valence-corrected chi connectivity index (χ3v) is 6.78. The number of carbonyl (C=O) groups is 1. The Balaban J connectivity index is 1.58. The van der Waals surface area contributed by atoms with E-state index >= 15 is 0 Å². The molecule has 0 fully saturated rings. The quantitative estimate of drug-likeness (QED) is 0.330. The third-order valence-electron chi connectivity index (χ3n) is 5.67. The van der Waals surface area contributed by atoms with E-state index in [0.717, 1.165) is 38.6 Å². The molecule has 0 aliphatic carbocycles. The van der Waals surface area contributed by atoms with Gasteiger partial charge in [0.2, 0.25) is 5.88 Å². The van der Waals surface area contributed by atoms with Crippen LogP contribution in [-0.2, 0) is 4.79 Å². The Labute approximate surface area is 202 Å². The third kappa shape index (κ3) is 4.63. The number of carbonyl (C=O) groups excluding carboxylic acids is 1. The highest BCUT2D eigenvalue weighted by atomic mass is 32.2. The second-order valence-corrected chi connectivity index (χ2v) is 9.18. The molecule has 2 heterocycles. The number of aromatic nitrogens is 1. The lowest BCUT2D eigenvalue weighted by molar-refractivity contribution is -0.114. The van der Waals surface area contributed by atoms with Crippen LogP contribution >= 0.6 is 11.8 Å². The molecule has 0 radical (unpaired) electrons. The van der Waals surface area contributed by atoms with Gasteiger partial charge in [-0.15, -0.1) is 16.9 Å². The Morgan fingerprint density at radius 1 is 0.882 bits per heavy atom. The Kier molecular flexibility index (Phi) is 6.23. The standard InChI is InChI=1S/C28H23N3O2S/c1-18(32)17-34-27-16-26(30-31-27)24-14-22(21-10-9-19-6-3-4-7-20(19)12-21)13-23(15-24)25-8-5-11-29-28(25)33-2/h3-15H,16-17H2,1-2H3. The molecule has 0 bridgehead atoms. The normalized spacial score (nSPS) is 13.0. The second-order valence-electron chi connectivity index (χ2n) is 8.13. The van der Waals surface area contributed by atoms with Crippen LogP contribution in [0.4, 0.5) is 0 Å². The minimum atomic E-state index is 0.130. The fourth-order valence-electron chi connectivity index (χ4n) is 4.01. The highest BCUT2D eigenvalue weighted by Gasteiger charge is 2.18. The van der Waals surface area contributed by atoms with E-state index in [9.17, 15) is 4.79 Å². The minimum Gasteiger partial charge on any atom is -0.481 e. The molecule has 1 aliphatic rings. The lowest BCUT2D eigenvalue weighted by Crippen LogP contribution is -2.05. The van der Waals surface area contributed by atoms with Gasteiger partial charge in [0.25, 0.3) is 0 Å². The first-order chi connectivity index (χ1) is 16.6. The lowest BCUT2D eigenvalue weighted by Gasteiger charge is -2.13. The van der Waals surface area contributed by atoms with Gasteiger partial charge in [-0.05, 0) is 76.3 Å². The first kappa shape index (κ1) is 22.0. The van der Waals surface area contributed by atoms with Gasteiger partial charge >= 0.3 is 0 Å². The van der Waals surface area contributed by atoms with Crippen LogP contribution in [0.2, 0.25) is 0 Å². The Morgan fingerprint density at radius 2 is 1.68 bits per heavy atom. The van der Waals surface area contributed by atoms with Gasteiger partial charge in [0.15, 0.2) is 0 Å². The summed E-state index contributed by atoms with van der Waals surface area (Å²) in [4.78, 5) is 15.8. The maximum absolute atomic E-state index is 11.4. The molecule has 1 aromatic heterocycles. The number of hydrogen-bond acceptors (Lipinski definition) is 6. The molecule has 0 spiro atoms. The Bertz CT molecular complexity index is 1460. The molecule has 168 valence electrons. The van der Waals surface area contributed by atoms with Gasteiger partial charge < -0.3 is 4.74 Å². The monoisotopic (exact) mass is 465 g/mol. The second kappa shape index (κ2) is 9.61. The van der Waals surface area contributed by atoms with Crippen LogP contribution in [-0.4, -0.2) is 34.4 Å². The number of ether oxygens (including phenoxy) is 1. The molecule has 1 aliphatic heterocycles. The van der Waals surface area contributed by atoms with Crippen LogP contribution in [0.3, 0.4) is 0 Å². The van der Waals surface area contributed by atoms with E-state index in [1.807, 2.05) is 12.1 Å². The molecule has 0 N–H and O–H groups in total. The van der Waals surface area contributed by atoms with Gasteiger partial charge in [-0.25, -0.2) is 4.98 Å². The predicted molar refractivity (Wildman–Crippen MR) is 141 cm³/mol. The summed E-state index contributed by atoms with van der Waals surface area (Å²) in [6, 6.07) is 25.2. The van der Waals surface area contributed by atoms with Gasteiger partial charge in [0.05, 0.1) is 18.6 Å². The summed E-state index contributed by atoms with van der Waals surface area (Å²) in [6.45, 7) is 1.59. The maximum Gasteiger partial charge on any atom is 0.221 e. The summed E-state index contributed by atoms with van der Waals surface area (Å²) < 4.78 is 5.54. The largest absolute Gasteiger partial charge is 0.481 e. The fourth-order valence-corrected chi connectivity index (χ4v) is 4.72. The van der Waals surface area contributed by atoms with Gasteiger partial charge in [-0.2, -0.15) is 5.10 Å². The van der Waals surface area contributed by atoms with Gasteiger partial charge in [-0.3, -0.25) is 4.79 Å². The van der Waals surface area contributed by atoms with E-state index in [1.165, 1.54) is 22.5 Å². The predicted octanol–water partition coefficient (Wildman–Crippen LogP) is 6.41. The summed E-state index contributed by atoms with van der Waals surface area (Å²) >= 11 is 1.46. The maximum atomic E-state index is 11.4. The number of fused-ring (bicyclic) bond motifs is 1. The van der Waals surface area contributed by atoms with Crippen molar-refractivity contribution in [3.63, 3.8) is 0 Å². The summed E-state index contributed by atoms with van der Waals surface area (Å²) in [5, 5.41) is 12.0. The van der Waals surface area contributed by atoms with Crippen LogP contribution < -0.4 is 4.74 Å². The smallest absolute Gasteiger partial charge is 0.221 e. The number of nitrogens with zero attached hydrogens (tertiary/aromatic N) is 3. The number of Topliss-reactive ketones (excluding diaryl/α,β-unsaturated/α-hetero) is 1. The molecule has 0 saturated heterocycles. The van der Waals surface area contributed by atoms with Crippen molar-refractivity contribution in [1.82, 2.24) is 4.98 Å². The van der Waals surface area contributed by atoms with Crippen molar-refractivity contribution in [2.24, 2.45) is 10.2 Å². The zero-order chi connectivity index (χ0) is 23.5. The van der Waals surface area contributed by atoms with Gasteiger partial charge in [0, 0.05) is 18.2 Å². The first-order valence-electron chi connectivity index (χ1n) is 11.0. The van der Waals surface area contributed by atoms with Crippen LogP contribution in [0, 0.1) is 0 Å². The van der Waals surface area contributed by atoms with Crippen molar-refractivity contribution >= 4 is 39.1 Å². The van der Waals surface area contributed by atoms with Crippen LogP contribution in [0.25, 0.3) is 33.0 Å². The van der Waals surface area contributed by atoms with Crippen molar-refractivity contribution in [2.75, 3.05) is 12.9 Å². The number of thioether (sulfide) groups is 1. The summed E-state index contributed by atoms with van der Waals surface area (Å²) in [5.74, 6) is 1.12. The molecule has 0 amide bonds. The average molecular weight is 466 g/mol.